The van der Waals surface area contributed by atoms with E-state index in [2.05, 4.69) is 43.8 Å². The van der Waals surface area contributed by atoms with Gasteiger partial charge in [-0.3, -0.25) is 9.58 Å². The Morgan fingerprint density at radius 1 is 1.39 bits per heavy atom. The molecule has 100 valence electrons. The highest BCUT2D eigenvalue weighted by Gasteiger charge is 2.29. The van der Waals surface area contributed by atoms with Gasteiger partial charge in [-0.1, -0.05) is 11.6 Å². The lowest BCUT2D eigenvalue weighted by Crippen LogP contribution is -2.24. The van der Waals surface area contributed by atoms with E-state index in [1.54, 1.807) is 0 Å². The van der Waals surface area contributed by atoms with Crippen LogP contribution in [0.25, 0.3) is 0 Å². The molecule has 2 heterocycles. The van der Waals surface area contributed by atoms with E-state index in [9.17, 15) is 0 Å². The number of hydrogen-bond acceptors (Lipinski definition) is 2. The fraction of sp³-hybridized carbons (Fsp3) is 0.667. The summed E-state index contributed by atoms with van der Waals surface area (Å²) in [6.45, 7) is 11.0. The van der Waals surface area contributed by atoms with Crippen molar-refractivity contribution in [3.8, 4) is 0 Å². The molecule has 0 bridgehead atoms. The first kappa shape index (κ1) is 13.3. The number of likely N-dealkylation sites (tertiary alicyclic amines) is 1. The zero-order valence-corrected chi connectivity index (χ0v) is 12.3. The van der Waals surface area contributed by atoms with E-state index >= 15 is 0 Å². The first-order chi connectivity index (χ1) is 8.50. The molecule has 1 aromatic heterocycles. The third-order valence-corrected chi connectivity index (χ3v) is 4.00. The Morgan fingerprint density at radius 2 is 2.11 bits per heavy atom. The van der Waals surface area contributed by atoms with Crippen LogP contribution in [0.2, 0.25) is 0 Å². The molecule has 0 aromatic carbocycles. The molecule has 0 N–H and O–H groups in total. The van der Waals surface area contributed by atoms with Crippen LogP contribution in [0.4, 0.5) is 0 Å². The van der Waals surface area contributed by atoms with Crippen molar-refractivity contribution in [2.24, 2.45) is 7.05 Å². The highest BCUT2D eigenvalue weighted by molar-refractivity contribution is 5.29. The van der Waals surface area contributed by atoms with Crippen molar-refractivity contribution >= 4 is 0 Å². The van der Waals surface area contributed by atoms with Crippen molar-refractivity contribution in [3.05, 3.63) is 28.6 Å². The second kappa shape index (κ2) is 5.27. The minimum absolute atomic E-state index is 0.564. The highest BCUT2D eigenvalue weighted by Crippen LogP contribution is 2.35. The molecular weight excluding hydrogens is 222 g/mol. The van der Waals surface area contributed by atoms with Crippen molar-refractivity contribution in [2.75, 3.05) is 13.1 Å². The Morgan fingerprint density at radius 3 is 2.67 bits per heavy atom. The Labute approximate surface area is 110 Å². The van der Waals surface area contributed by atoms with Gasteiger partial charge in [0.15, 0.2) is 0 Å². The van der Waals surface area contributed by atoms with E-state index in [0.717, 1.165) is 6.54 Å². The van der Waals surface area contributed by atoms with Gasteiger partial charge < -0.3 is 0 Å². The summed E-state index contributed by atoms with van der Waals surface area (Å²) < 4.78 is 2.02. The Hall–Kier alpha value is -1.09. The second-order valence-corrected chi connectivity index (χ2v) is 5.64. The average Bonchev–Trinajstić information content (AvgIpc) is 2.82. The molecule has 0 aliphatic carbocycles. The van der Waals surface area contributed by atoms with Crippen LogP contribution in [0.15, 0.2) is 11.6 Å². The maximum atomic E-state index is 4.56. The number of hydrogen-bond donors (Lipinski definition) is 0. The third kappa shape index (κ3) is 2.51. The number of allylic oxidation sites excluding steroid dienone is 1. The molecule has 0 radical (unpaired) electrons. The lowest BCUT2D eigenvalue weighted by molar-refractivity contribution is 0.283. The molecule has 1 aliphatic heterocycles. The maximum Gasteiger partial charge on any atom is 0.0644 e. The second-order valence-electron chi connectivity index (χ2n) is 5.64. The molecule has 3 heteroatoms. The summed E-state index contributed by atoms with van der Waals surface area (Å²) in [5, 5.41) is 4.56. The van der Waals surface area contributed by atoms with Gasteiger partial charge >= 0.3 is 0 Å². The molecule has 1 saturated heterocycles. The minimum atomic E-state index is 0.564. The van der Waals surface area contributed by atoms with Gasteiger partial charge in [-0.05, 0) is 47.1 Å². The zero-order chi connectivity index (χ0) is 13.3. The topological polar surface area (TPSA) is 21.1 Å². The van der Waals surface area contributed by atoms with Crippen LogP contribution in [0, 0.1) is 13.8 Å². The lowest BCUT2D eigenvalue weighted by atomic mass is 10.0. The summed E-state index contributed by atoms with van der Waals surface area (Å²) in [4.78, 5) is 2.59. The smallest absolute Gasteiger partial charge is 0.0644 e. The molecule has 3 nitrogen and oxygen atoms in total. The number of nitrogens with zero attached hydrogens (tertiary/aromatic N) is 3. The van der Waals surface area contributed by atoms with Crippen molar-refractivity contribution in [3.63, 3.8) is 0 Å². The molecule has 18 heavy (non-hydrogen) atoms. The quantitative estimate of drug-likeness (QED) is 0.765. The van der Waals surface area contributed by atoms with Gasteiger partial charge in [0.25, 0.3) is 0 Å². The number of rotatable bonds is 3. The first-order valence-electron chi connectivity index (χ1n) is 6.88. The molecule has 0 spiro atoms. The van der Waals surface area contributed by atoms with Crippen LogP contribution in [0.1, 0.15) is 49.7 Å². The standard InChI is InChI=1S/C15H25N3/c1-11(2)8-10-18-9-6-7-14(18)15-12(3)16-17(5)13(15)4/h8,14H,6-7,9-10H2,1-5H3/t14-/m1/s1. The van der Waals surface area contributed by atoms with Crippen molar-refractivity contribution < 1.29 is 0 Å². The van der Waals surface area contributed by atoms with Gasteiger partial charge in [0.05, 0.1) is 5.69 Å². The van der Waals surface area contributed by atoms with Crippen LogP contribution in [0.3, 0.4) is 0 Å². The Kier molecular flexibility index (Phi) is 3.91. The van der Waals surface area contributed by atoms with E-state index in [-0.39, 0.29) is 0 Å². The molecule has 1 fully saturated rings. The van der Waals surface area contributed by atoms with Crippen LogP contribution in [-0.4, -0.2) is 27.8 Å². The minimum Gasteiger partial charge on any atom is -0.293 e. The Bertz CT molecular complexity index is 453. The molecule has 2 rings (SSSR count). The molecule has 1 aliphatic rings. The fourth-order valence-electron chi connectivity index (χ4n) is 2.94. The SMILES string of the molecule is CC(C)=CCN1CCC[C@@H]1c1c(C)nn(C)c1C. The normalized spacial score (nSPS) is 20.4. The van der Waals surface area contributed by atoms with Gasteiger partial charge in [-0.25, -0.2) is 0 Å². The monoisotopic (exact) mass is 247 g/mol. The van der Waals surface area contributed by atoms with Crippen molar-refractivity contribution in [2.45, 2.75) is 46.6 Å². The molecule has 1 atom stereocenters. The lowest BCUT2D eigenvalue weighted by Gasteiger charge is -2.24. The summed E-state index contributed by atoms with van der Waals surface area (Å²) in [5.41, 5.74) is 5.38. The Balaban J connectivity index is 2.23. The van der Waals surface area contributed by atoms with Crippen LogP contribution in [0.5, 0.6) is 0 Å². The molecule has 0 amide bonds. The highest BCUT2D eigenvalue weighted by atomic mass is 15.3. The predicted molar refractivity (Wildman–Crippen MR) is 75.7 cm³/mol. The van der Waals surface area contributed by atoms with Crippen LogP contribution < -0.4 is 0 Å². The summed E-state index contributed by atoms with van der Waals surface area (Å²) in [6.07, 6.45) is 4.90. The maximum absolute atomic E-state index is 4.56. The number of aromatic nitrogens is 2. The van der Waals surface area contributed by atoms with E-state index in [4.69, 9.17) is 0 Å². The largest absolute Gasteiger partial charge is 0.293 e. The molecular formula is C15H25N3. The van der Waals surface area contributed by atoms with Crippen LogP contribution >= 0.6 is 0 Å². The molecule has 1 aromatic rings. The predicted octanol–water partition coefficient (Wildman–Crippen LogP) is 3.14. The van der Waals surface area contributed by atoms with Gasteiger partial charge in [-0.2, -0.15) is 5.10 Å². The van der Waals surface area contributed by atoms with E-state index < -0.39 is 0 Å². The molecule has 0 saturated carbocycles. The van der Waals surface area contributed by atoms with E-state index in [1.165, 1.54) is 41.9 Å². The van der Waals surface area contributed by atoms with E-state index in [1.807, 2.05) is 11.7 Å². The average molecular weight is 247 g/mol. The number of aryl methyl sites for hydroxylation is 2. The summed E-state index contributed by atoms with van der Waals surface area (Å²) in [7, 11) is 2.04. The third-order valence-electron chi connectivity index (χ3n) is 4.00. The van der Waals surface area contributed by atoms with Crippen LogP contribution in [-0.2, 0) is 7.05 Å². The summed E-state index contributed by atoms with van der Waals surface area (Å²) in [6, 6.07) is 0.564. The summed E-state index contributed by atoms with van der Waals surface area (Å²) in [5.74, 6) is 0. The van der Waals surface area contributed by atoms with E-state index in [0.29, 0.717) is 6.04 Å². The van der Waals surface area contributed by atoms with Gasteiger partial charge in [0.1, 0.15) is 0 Å². The van der Waals surface area contributed by atoms with Crippen molar-refractivity contribution in [1.82, 2.24) is 14.7 Å². The molecule has 0 unspecified atom stereocenters. The first-order valence-corrected chi connectivity index (χ1v) is 6.88. The van der Waals surface area contributed by atoms with Gasteiger partial charge in [-0.15, -0.1) is 0 Å². The van der Waals surface area contributed by atoms with Crippen molar-refractivity contribution in [1.29, 1.82) is 0 Å². The van der Waals surface area contributed by atoms with Gasteiger partial charge in [0, 0.05) is 30.9 Å². The zero-order valence-electron chi connectivity index (χ0n) is 12.3. The fourth-order valence-corrected chi connectivity index (χ4v) is 2.94. The van der Waals surface area contributed by atoms with Gasteiger partial charge in [0.2, 0.25) is 0 Å². The summed E-state index contributed by atoms with van der Waals surface area (Å²) >= 11 is 0.